The number of carbonyl (C=O) groups excluding carboxylic acids is 2. The van der Waals surface area contributed by atoms with Crippen LogP contribution in [0.1, 0.15) is 264 Å². The van der Waals surface area contributed by atoms with Crippen molar-refractivity contribution in [3.63, 3.8) is 0 Å². The van der Waals surface area contributed by atoms with Crippen molar-refractivity contribution in [3.05, 3.63) is 36.5 Å². The molecule has 0 aliphatic carbocycles. The Bertz CT molecular complexity index is 962. The van der Waals surface area contributed by atoms with Crippen molar-refractivity contribution in [1.29, 1.82) is 0 Å². The van der Waals surface area contributed by atoms with Gasteiger partial charge in [0, 0.05) is 12.8 Å². The highest BCUT2D eigenvalue weighted by molar-refractivity contribution is 5.76. The highest BCUT2D eigenvalue weighted by atomic mass is 16.5. The molecule has 0 radical (unpaired) electrons. The summed E-state index contributed by atoms with van der Waals surface area (Å²) in [5.74, 6) is -0.0991. The summed E-state index contributed by atoms with van der Waals surface area (Å²) in [5, 5.41) is 23.2. The molecule has 0 saturated carbocycles. The monoisotopic (exact) mass is 830 g/mol. The van der Waals surface area contributed by atoms with Gasteiger partial charge in [-0.05, 0) is 89.9 Å². The van der Waals surface area contributed by atoms with E-state index >= 15 is 0 Å². The fourth-order valence-corrected chi connectivity index (χ4v) is 7.66. The van der Waals surface area contributed by atoms with Crippen molar-refractivity contribution in [2.75, 3.05) is 13.2 Å². The number of aliphatic hydroxyl groups is 2. The van der Waals surface area contributed by atoms with Gasteiger partial charge in [0.05, 0.1) is 25.4 Å². The molecule has 0 fully saturated rings. The standard InChI is InChI=1S/C53H99NO5/c1-3-5-7-9-11-13-15-17-19-21-25-29-33-37-41-45-51(56)50(49-55)54-52(57)46-42-38-34-30-26-23-24-28-32-36-40-44-48-59-53(58)47-43-39-35-31-27-22-20-18-16-14-12-10-8-6-4-2/h12,14,18,20,24,28,50-51,55-56H,3-11,13,15-17,19,21-23,25-27,29-49H2,1-2H3,(H,54,57)/b14-12-,20-18-,28-24-. The lowest BCUT2D eigenvalue weighted by Crippen LogP contribution is -2.45. The molecule has 0 saturated heterocycles. The lowest BCUT2D eigenvalue weighted by atomic mass is 10.0. The summed E-state index contributed by atoms with van der Waals surface area (Å²) in [6, 6.07) is -0.561. The predicted molar refractivity (Wildman–Crippen MR) is 255 cm³/mol. The summed E-state index contributed by atoms with van der Waals surface area (Å²) in [4.78, 5) is 24.5. The molecule has 0 heterocycles. The van der Waals surface area contributed by atoms with Crippen molar-refractivity contribution >= 4 is 11.9 Å². The number of unbranched alkanes of at least 4 members (excludes halogenated alkanes) is 30. The first-order valence-electron chi connectivity index (χ1n) is 25.7. The first-order valence-corrected chi connectivity index (χ1v) is 25.7. The van der Waals surface area contributed by atoms with Crippen molar-refractivity contribution in [1.82, 2.24) is 5.32 Å². The molecule has 6 nitrogen and oxygen atoms in total. The second-order valence-electron chi connectivity index (χ2n) is 17.5. The molecule has 6 heteroatoms. The van der Waals surface area contributed by atoms with Crippen LogP contribution in [0.25, 0.3) is 0 Å². The number of aliphatic hydroxyl groups excluding tert-OH is 2. The van der Waals surface area contributed by atoms with Crippen molar-refractivity contribution < 1.29 is 24.5 Å². The summed E-state index contributed by atoms with van der Waals surface area (Å²) < 4.78 is 5.44. The Balaban J connectivity index is 3.53. The second kappa shape index (κ2) is 48.7. The molecule has 346 valence electrons. The van der Waals surface area contributed by atoms with E-state index in [1.807, 2.05) is 0 Å². The van der Waals surface area contributed by atoms with E-state index in [0.29, 0.717) is 25.9 Å². The quantitative estimate of drug-likeness (QED) is 0.0323. The highest BCUT2D eigenvalue weighted by Crippen LogP contribution is 2.16. The molecular weight excluding hydrogens is 731 g/mol. The predicted octanol–water partition coefficient (Wildman–Crippen LogP) is 15.3. The Morgan fingerprint density at radius 2 is 0.847 bits per heavy atom. The first kappa shape index (κ1) is 57.1. The summed E-state index contributed by atoms with van der Waals surface area (Å²) in [7, 11) is 0. The Hall–Kier alpha value is -1.92. The van der Waals surface area contributed by atoms with E-state index in [1.165, 1.54) is 141 Å². The molecular formula is C53H99NO5. The van der Waals surface area contributed by atoms with Crippen molar-refractivity contribution in [2.45, 2.75) is 276 Å². The molecule has 0 bridgehead atoms. The van der Waals surface area contributed by atoms with Gasteiger partial charge >= 0.3 is 5.97 Å². The largest absolute Gasteiger partial charge is 0.466 e. The van der Waals surface area contributed by atoms with E-state index in [4.69, 9.17) is 4.74 Å². The van der Waals surface area contributed by atoms with Crippen LogP contribution in [-0.2, 0) is 14.3 Å². The zero-order valence-electron chi connectivity index (χ0n) is 39.2. The normalized spacial score (nSPS) is 12.9. The Morgan fingerprint density at radius 3 is 1.34 bits per heavy atom. The molecule has 0 spiro atoms. The second-order valence-corrected chi connectivity index (χ2v) is 17.5. The van der Waals surface area contributed by atoms with Crippen LogP contribution in [0.3, 0.4) is 0 Å². The number of amides is 1. The molecule has 0 aromatic heterocycles. The highest BCUT2D eigenvalue weighted by Gasteiger charge is 2.20. The fourth-order valence-electron chi connectivity index (χ4n) is 7.66. The first-order chi connectivity index (χ1) is 29.0. The molecule has 59 heavy (non-hydrogen) atoms. The average Bonchev–Trinajstić information content (AvgIpc) is 3.24. The minimum Gasteiger partial charge on any atom is -0.466 e. The van der Waals surface area contributed by atoms with Crippen LogP contribution in [0.15, 0.2) is 36.5 Å². The Kier molecular flexibility index (Phi) is 47.2. The number of hydrogen-bond donors (Lipinski definition) is 3. The van der Waals surface area contributed by atoms with Crippen LogP contribution >= 0.6 is 0 Å². The van der Waals surface area contributed by atoms with E-state index in [-0.39, 0.29) is 18.5 Å². The van der Waals surface area contributed by atoms with E-state index in [0.717, 1.165) is 89.9 Å². The topological polar surface area (TPSA) is 95.9 Å². The summed E-state index contributed by atoms with van der Waals surface area (Å²) in [6.45, 7) is 4.85. The van der Waals surface area contributed by atoms with Crippen LogP contribution in [0.4, 0.5) is 0 Å². The van der Waals surface area contributed by atoms with Gasteiger partial charge in [-0.15, -0.1) is 0 Å². The third kappa shape index (κ3) is 45.4. The third-order valence-electron chi connectivity index (χ3n) is 11.7. The maximum atomic E-state index is 12.4. The summed E-state index contributed by atoms with van der Waals surface area (Å²) in [5.41, 5.74) is 0. The van der Waals surface area contributed by atoms with Gasteiger partial charge in [-0.1, -0.05) is 198 Å². The lowest BCUT2D eigenvalue weighted by Gasteiger charge is -2.22. The molecule has 1 amide bonds. The minimum atomic E-state index is -0.681. The SMILES string of the molecule is CCCCC/C=C\C/C=C\CCCCCCCC(=O)OCCCCC/C=C\CCCCCCCC(=O)NC(CO)C(O)CCCCCCCCCCCCCCCCC. The molecule has 0 aromatic rings. The van der Waals surface area contributed by atoms with E-state index in [2.05, 4.69) is 55.6 Å². The number of esters is 1. The van der Waals surface area contributed by atoms with Gasteiger partial charge in [-0.2, -0.15) is 0 Å². The number of rotatable bonds is 47. The summed E-state index contributed by atoms with van der Waals surface area (Å²) >= 11 is 0. The van der Waals surface area contributed by atoms with E-state index < -0.39 is 12.1 Å². The van der Waals surface area contributed by atoms with Crippen LogP contribution < -0.4 is 5.32 Å². The van der Waals surface area contributed by atoms with Crippen molar-refractivity contribution in [3.8, 4) is 0 Å². The summed E-state index contributed by atoms with van der Waals surface area (Å²) in [6.07, 6.45) is 58.2. The van der Waals surface area contributed by atoms with E-state index in [1.54, 1.807) is 0 Å². The maximum absolute atomic E-state index is 12.4. The van der Waals surface area contributed by atoms with Crippen LogP contribution in [0.2, 0.25) is 0 Å². The maximum Gasteiger partial charge on any atom is 0.305 e. The van der Waals surface area contributed by atoms with Gasteiger partial charge in [0.25, 0.3) is 0 Å². The number of hydrogen-bond acceptors (Lipinski definition) is 5. The molecule has 0 aliphatic heterocycles. The average molecular weight is 830 g/mol. The molecule has 0 aromatic carbocycles. The minimum absolute atomic E-state index is 0.0371. The van der Waals surface area contributed by atoms with Gasteiger partial charge in [0.15, 0.2) is 0 Å². The number of carbonyl (C=O) groups is 2. The third-order valence-corrected chi connectivity index (χ3v) is 11.7. The van der Waals surface area contributed by atoms with Gasteiger partial charge in [-0.3, -0.25) is 9.59 Å². The van der Waals surface area contributed by atoms with Crippen LogP contribution in [0.5, 0.6) is 0 Å². The lowest BCUT2D eigenvalue weighted by molar-refractivity contribution is -0.143. The van der Waals surface area contributed by atoms with Gasteiger partial charge in [-0.25, -0.2) is 0 Å². The Labute approximate surface area is 366 Å². The number of allylic oxidation sites excluding steroid dienone is 6. The number of nitrogens with one attached hydrogen (secondary N) is 1. The van der Waals surface area contributed by atoms with Crippen molar-refractivity contribution in [2.24, 2.45) is 0 Å². The molecule has 0 aliphatic rings. The van der Waals surface area contributed by atoms with Gasteiger partial charge in [0.2, 0.25) is 5.91 Å². The van der Waals surface area contributed by atoms with Crippen LogP contribution in [0, 0.1) is 0 Å². The molecule has 2 atom stereocenters. The molecule has 2 unspecified atom stereocenters. The van der Waals surface area contributed by atoms with Crippen LogP contribution in [-0.4, -0.2) is 47.4 Å². The smallest absolute Gasteiger partial charge is 0.305 e. The van der Waals surface area contributed by atoms with Gasteiger partial charge < -0.3 is 20.3 Å². The molecule has 3 N–H and O–H groups in total. The fraction of sp³-hybridized carbons (Fsp3) is 0.849. The zero-order chi connectivity index (χ0) is 43.0. The number of ether oxygens (including phenoxy) is 1. The Morgan fingerprint density at radius 1 is 0.475 bits per heavy atom. The van der Waals surface area contributed by atoms with E-state index in [9.17, 15) is 19.8 Å². The molecule has 0 rings (SSSR count). The van der Waals surface area contributed by atoms with Gasteiger partial charge in [0.1, 0.15) is 0 Å². The zero-order valence-corrected chi connectivity index (χ0v) is 39.2.